The van der Waals surface area contributed by atoms with Crippen LogP contribution in [0.2, 0.25) is 0 Å². The summed E-state index contributed by atoms with van der Waals surface area (Å²) in [4.78, 5) is 42.0. The molecule has 0 radical (unpaired) electrons. The van der Waals surface area contributed by atoms with Gasteiger partial charge in [0.25, 0.3) is 11.5 Å². The average molecular weight is 477 g/mol. The van der Waals surface area contributed by atoms with Gasteiger partial charge >= 0.3 is 5.97 Å². The van der Waals surface area contributed by atoms with Crippen LogP contribution in [-0.2, 0) is 4.79 Å². The summed E-state index contributed by atoms with van der Waals surface area (Å²) in [7, 11) is 0. The number of pyridine rings is 1. The monoisotopic (exact) mass is 477 g/mol. The number of aromatic nitrogens is 2. The summed E-state index contributed by atoms with van der Waals surface area (Å²) in [5.41, 5.74) is 1.34. The number of rotatable bonds is 4. The number of carboxylic acid groups (broad SMARTS) is 1. The van der Waals surface area contributed by atoms with Gasteiger partial charge in [-0.05, 0) is 73.2 Å². The highest BCUT2D eigenvalue weighted by molar-refractivity contribution is 6.01. The van der Waals surface area contributed by atoms with Crippen LogP contribution in [0.25, 0.3) is 27.7 Å². The zero-order valence-electron chi connectivity index (χ0n) is 18.5. The predicted octanol–water partition coefficient (Wildman–Crippen LogP) is 4.17. The Bertz CT molecular complexity index is 1540. The van der Waals surface area contributed by atoms with Crippen molar-refractivity contribution in [2.75, 3.05) is 0 Å². The number of nitrogens with zero attached hydrogens (tertiary/aromatic N) is 2. The molecule has 9 heteroatoms. The van der Waals surface area contributed by atoms with Crippen molar-refractivity contribution in [3.63, 3.8) is 0 Å². The molecule has 1 amide bonds. The van der Waals surface area contributed by atoms with Gasteiger partial charge in [-0.15, -0.1) is 0 Å². The fourth-order valence-electron chi connectivity index (χ4n) is 4.61. The lowest BCUT2D eigenvalue weighted by Gasteiger charge is -2.26. The predicted molar refractivity (Wildman–Crippen MR) is 125 cm³/mol. The lowest BCUT2D eigenvalue weighted by Crippen LogP contribution is -2.39. The number of hydrogen-bond donors (Lipinski definition) is 2. The number of carbonyl (C=O) groups excluding carboxylic acids is 1. The Hall–Kier alpha value is -4.14. The maximum Gasteiger partial charge on any atom is 0.306 e. The summed E-state index contributed by atoms with van der Waals surface area (Å²) in [5, 5.41) is 12.4. The van der Waals surface area contributed by atoms with E-state index in [1.54, 1.807) is 30.3 Å². The number of carbonyl (C=O) groups is 2. The molecule has 0 unspecified atom stereocenters. The van der Waals surface area contributed by atoms with Crippen molar-refractivity contribution in [2.24, 2.45) is 5.92 Å². The van der Waals surface area contributed by atoms with Gasteiger partial charge in [-0.25, -0.2) is 13.8 Å². The smallest absolute Gasteiger partial charge is 0.306 e. The molecule has 0 saturated heterocycles. The van der Waals surface area contributed by atoms with Crippen molar-refractivity contribution in [1.29, 1.82) is 0 Å². The van der Waals surface area contributed by atoms with Crippen molar-refractivity contribution in [2.45, 2.75) is 31.7 Å². The van der Waals surface area contributed by atoms with Crippen LogP contribution in [0.15, 0.2) is 59.5 Å². The van der Waals surface area contributed by atoms with Crippen molar-refractivity contribution < 1.29 is 23.5 Å². The molecule has 1 saturated carbocycles. The topological polar surface area (TPSA) is 101 Å². The van der Waals surface area contributed by atoms with Crippen LogP contribution in [0.5, 0.6) is 0 Å². The molecule has 178 valence electrons. The second-order valence-corrected chi connectivity index (χ2v) is 8.75. The maximum atomic E-state index is 13.7. The minimum absolute atomic E-state index is 0.149. The number of carboxylic acids is 1. The standard InChI is InChI=1S/C26H21F2N3O4/c27-20-9-5-16(13-21(20)28)15-6-10-22-19(12-15)25(33)31-11-1-2-18(23(31)30-22)24(32)29-17-7-3-14(4-8-17)26(34)35/h1-2,5-6,9-14,17H,3-4,7-8H2,(H,29,32)(H,34,35). The Kier molecular flexibility index (Phi) is 5.76. The Morgan fingerprint density at radius 2 is 1.69 bits per heavy atom. The quantitative estimate of drug-likeness (QED) is 0.430. The Labute approximate surface area is 198 Å². The van der Waals surface area contributed by atoms with Crippen LogP contribution < -0.4 is 10.9 Å². The molecule has 1 aliphatic carbocycles. The van der Waals surface area contributed by atoms with Crippen LogP contribution in [0.3, 0.4) is 0 Å². The second kappa shape index (κ2) is 8.90. The molecular weight excluding hydrogens is 456 g/mol. The number of benzene rings is 2. The van der Waals surface area contributed by atoms with E-state index in [2.05, 4.69) is 10.3 Å². The summed E-state index contributed by atoms with van der Waals surface area (Å²) in [6.45, 7) is 0. The molecule has 1 fully saturated rings. The molecule has 4 aromatic rings. The number of halogens is 2. The first kappa shape index (κ1) is 22.6. The van der Waals surface area contributed by atoms with E-state index in [0.717, 1.165) is 12.1 Å². The first-order valence-electron chi connectivity index (χ1n) is 11.3. The largest absolute Gasteiger partial charge is 0.481 e. The van der Waals surface area contributed by atoms with Gasteiger partial charge in [0.1, 0.15) is 0 Å². The maximum absolute atomic E-state index is 13.7. The van der Waals surface area contributed by atoms with E-state index in [1.807, 2.05) is 0 Å². The number of fused-ring (bicyclic) bond motifs is 2. The van der Waals surface area contributed by atoms with Crippen molar-refractivity contribution in [3.8, 4) is 11.1 Å². The third kappa shape index (κ3) is 4.25. The first-order chi connectivity index (χ1) is 16.8. The van der Waals surface area contributed by atoms with Gasteiger partial charge in [-0.2, -0.15) is 0 Å². The van der Waals surface area contributed by atoms with E-state index in [0.29, 0.717) is 42.3 Å². The zero-order chi connectivity index (χ0) is 24.7. The Balaban J connectivity index is 1.49. The molecule has 0 atom stereocenters. The van der Waals surface area contributed by atoms with Gasteiger partial charge in [0.05, 0.1) is 22.4 Å². The minimum Gasteiger partial charge on any atom is -0.481 e. The Morgan fingerprint density at radius 3 is 2.40 bits per heavy atom. The zero-order valence-corrected chi connectivity index (χ0v) is 18.5. The Morgan fingerprint density at radius 1 is 0.971 bits per heavy atom. The molecule has 0 aliphatic heterocycles. The lowest BCUT2D eigenvalue weighted by atomic mass is 9.86. The van der Waals surface area contributed by atoms with E-state index >= 15 is 0 Å². The van der Waals surface area contributed by atoms with E-state index in [9.17, 15) is 23.2 Å². The van der Waals surface area contributed by atoms with Crippen LogP contribution in [0.4, 0.5) is 8.78 Å². The van der Waals surface area contributed by atoms with Crippen LogP contribution in [-0.4, -0.2) is 32.4 Å². The van der Waals surface area contributed by atoms with Gasteiger partial charge in [0.15, 0.2) is 17.3 Å². The number of aliphatic carboxylic acids is 1. The van der Waals surface area contributed by atoms with E-state index in [4.69, 9.17) is 5.11 Å². The van der Waals surface area contributed by atoms with Crippen LogP contribution in [0, 0.1) is 17.6 Å². The first-order valence-corrected chi connectivity index (χ1v) is 11.3. The molecule has 7 nitrogen and oxygen atoms in total. The molecule has 35 heavy (non-hydrogen) atoms. The van der Waals surface area contributed by atoms with Crippen molar-refractivity contribution in [1.82, 2.24) is 14.7 Å². The number of amides is 1. The highest BCUT2D eigenvalue weighted by atomic mass is 19.2. The number of hydrogen-bond acceptors (Lipinski definition) is 4. The molecular formula is C26H21F2N3O4. The molecule has 2 aromatic heterocycles. The molecule has 0 bridgehead atoms. The van der Waals surface area contributed by atoms with Gasteiger partial charge in [0, 0.05) is 12.2 Å². The molecule has 2 aromatic carbocycles. The van der Waals surface area contributed by atoms with Gasteiger partial charge in [0.2, 0.25) is 0 Å². The van der Waals surface area contributed by atoms with Crippen molar-refractivity contribution in [3.05, 3.63) is 82.3 Å². The molecule has 2 N–H and O–H groups in total. The van der Waals surface area contributed by atoms with E-state index < -0.39 is 23.2 Å². The summed E-state index contributed by atoms with van der Waals surface area (Å²) in [5.74, 6) is -3.52. The van der Waals surface area contributed by atoms with Crippen molar-refractivity contribution >= 4 is 28.4 Å². The minimum atomic E-state index is -0.983. The number of nitrogens with one attached hydrogen (secondary N) is 1. The lowest BCUT2D eigenvalue weighted by molar-refractivity contribution is -0.142. The summed E-state index contributed by atoms with van der Waals surface area (Å²) >= 11 is 0. The van der Waals surface area contributed by atoms with Gasteiger partial charge in [-0.1, -0.05) is 12.1 Å². The normalized spacial score (nSPS) is 18.0. The van der Waals surface area contributed by atoms with Crippen LogP contribution in [0.1, 0.15) is 36.0 Å². The summed E-state index contributed by atoms with van der Waals surface area (Å²) in [6.07, 6.45) is 3.65. The van der Waals surface area contributed by atoms with E-state index in [1.165, 1.54) is 16.7 Å². The third-order valence-corrected chi connectivity index (χ3v) is 6.55. The molecule has 1 aliphatic rings. The highest BCUT2D eigenvalue weighted by Gasteiger charge is 2.27. The fourth-order valence-corrected chi connectivity index (χ4v) is 4.61. The molecule has 2 heterocycles. The summed E-state index contributed by atoms with van der Waals surface area (Å²) in [6, 6.07) is 11.4. The van der Waals surface area contributed by atoms with Gasteiger partial charge < -0.3 is 10.4 Å². The fraction of sp³-hybridized carbons (Fsp3) is 0.231. The SMILES string of the molecule is O=C(NC1CCC(C(=O)O)CC1)c1cccn2c(=O)c3cc(-c4ccc(F)c(F)c4)ccc3nc12. The molecule has 0 spiro atoms. The molecule has 5 rings (SSSR count). The highest BCUT2D eigenvalue weighted by Crippen LogP contribution is 2.26. The average Bonchev–Trinajstić information content (AvgIpc) is 2.85. The van der Waals surface area contributed by atoms with E-state index in [-0.39, 0.29) is 34.5 Å². The third-order valence-electron chi connectivity index (χ3n) is 6.55. The van der Waals surface area contributed by atoms with Crippen LogP contribution >= 0.6 is 0 Å². The van der Waals surface area contributed by atoms with Gasteiger partial charge in [-0.3, -0.25) is 18.8 Å². The summed E-state index contributed by atoms with van der Waals surface area (Å²) < 4.78 is 28.3. The second-order valence-electron chi connectivity index (χ2n) is 8.75.